The Morgan fingerprint density at radius 1 is 0.382 bits per heavy atom. The van der Waals surface area contributed by atoms with Crippen molar-refractivity contribution in [2.24, 2.45) is 11.3 Å². The van der Waals surface area contributed by atoms with Gasteiger partial charge in [0.05, 0.1) is 31.0 Å². The average Bonchev–Trinajstić information content (AvgIpc) is 3.40. The third kappa shape index (κ3) is 43.4. The largest absolute Gasteiger partial charge is 0.465 e. The van der Waals surface area contributed by atoms with Gasteiger partial charge in [-0.05, 0) is 32.1 Å². The average molecular weight is 960 g/mol. The van der Waals surface area contributed by atoms with E-state index in [-0.39, 0.29) is 19.6 Å². The molecule has 1 unspecified atom stereocenters. The van der Waals surface area contributed by atoms with E-state index in [1.165, 1.54) is 295 Å². The van der Waals surface area contributed by atoms with Gasteiger partial charge in [0, 0.05) is 0 Å². The van der Waals surface area contributed by atoms with Gasteiger partial charge in [0.15, 0.2) is 0 Å². The summed E-state index contributed by atoms with van der Waals surface area (Å²) in [7, 11) is 0. The van der Waals surface area contributed by atoms with Crippen LogP contribution in [0.1, 0.15) is 334 Å². The fourth-order valence-electron chi connectivity index (χ4n) is 10.2. The molecule has 6 nitrogen and oxygen atoms in total. The van der Waals surface area contributed by atoms with E-state index < -0.39 is 36.5 Å². The minimum Gasteiger partial charge on any atom is -0.465 e. The SMILES string of the molecule is CCCCCCCCCCC/C=C/CCCCCCCCCCCCCCCCCCCCCCCCCCCCCCCCCCCCCCCCC1CC(=O)OCC(CO)(CO)COC1=O. The van der Waals surface area contributed by atoms with Crippen LogP contribution in [0.5, 0.6) is 0 Å². The Morgan fingerprint density at radius 2 is 0.632 bits per heavy atom. The Balaban J connectivity index is 1.68. The van der Waals surface area contributed by atoms with Crippen LogP contribution in [0.3, 0.4) is 0 Å². The number of esters is 2. The van der Waals surface area contributed by atoms with Gasteiger partial charge in [-0.2, -0.15) is 0 Å². The van der Waals surface area contributed by atoms with Crippen molar-refractivity contribution in [1.29, 1.82) is 0 Å². The van der Waals surface area contributed by atoms with Gasteiger partial charge < -0.3 is 19.7 Å². The van der Waals surface area contributed by atoms with Crippen LogP contribution in [0.2, 0.25) is 0 Å². The highest BCUT2D eigenvalue weighted by molar-refractivity contribution is 5.80. The monoisotopic (exact) mass is 959 g/mol. The second-order valence-electron chi connectivity index (χ2n) is 22.1. The Bertz CT molecular complexity index is 1070. The minimum atomic E-state index is -1.12. The highest BCUT2D eigenvalue weighted by Gasteiger charge is 2.36. The van der Waals surface area contributed by atoms with Crippen molar-refractivity contribution in [2.75, 3.05) is 26.4 Å². The second kappa shape index (κ2) is 51.9. The molecule has 1 rings (SSSR count). The van der Waals surface area contributed by atoms with Crippen LogP contribution in [0.15, 0.2) is 12.2 Å². The highest BCUT2D eigenvalue weighted by atomic mass is 16.6. The van der Waals surface area contributed by atoms with E-state index in [0.29, 0.717) is 6.42 Å². The quantitative estimate of drug-likeness (QED) is 0.0358. The minimum absolute atomic E-state index is 0.00503. The lowest BCUT2D eigenvalue weighted by molar-refractivity contribution is -0.155. The lowest BCUT2D eigenvalue weighted by Gasteiger charge is -2.27. The Kier molecular flexibility index (Phi) is 49.4. The maximum atomic E-state index is 12.5. The van der Waals surface area contributed by atoms with Crippen LogP contribution in [0.25, 0.3) is 0 Å². The summed E-state index contributed by atoms with van der Waals surface area (Å²) in [5, 5.41) is 19.2. The molecule has 0 bridgehead atoms. The van der Waals surface area contributed by atoms with E-state index >= 15 is 0 Å². The molecule has 1 aliphatic rings. The number of hydrogen-bond acceptors (Lipinski definition) is 6. The molecule has 68 heavy (non-hydrogen) atoms. The van der Waals surface area contributed by atoms with Gasteiger partial charge in [0.25, 0.3) is 0 Å². The lowest BCUT2D eigenvalue weighted by Crippen LogP contribution is -2.40. The van der Waals surface area contributed by atoms with Gasteiger partial charge in [-0.1, -0.05) is 308 Å². The summed E-state index contributed by atoms with van der Waals surface area (Å²) >= 11 is 0. The Morgan fingerprint density at radius 3 is 0.912 bits per heavy atom. The summed E-state index contributed by atoms with van der Waals surface area (Å²) in [4.78, 5) is 24.7. The molecule has 0 radical (unpaired) electrons. The molecule has 2 N–H and O–H groups in total. The first-order valence-corrected chi connectivity index (χ1v) is 30.8. The topological polar surface area (TPSA) is 93.1 Å². The van der Waals surface area contributed by atoms with Crippen molar-refractivity contribution in [1.82, 2.24) is 0 Å². The van der Waals surface area contributed by atoms with E-state index in [1.54, 1.807) is 0 Å². The van der Waals surface area contributed by atoms with Crippen molar-refractivity contribution < 1.29 is 29.3 Å². The predicted octanol–water partition coefficient (Wildman–Crippen LogP) is 19.1. The predicted molar refractivity (Wildman–Crippen MR) is 292 cm³/mol. The zero-order valence-electron chi connectivity index (χ0n) is 45.7. The Hall–Kier alpha value is -1.40. The maximum absolute atomic E-state index is 12.5. The van der Waals surface area contributed by atoms with Crippen LogP contribution in [0.4, 0.5) is 0 Å². The summed E-state index contributed by atoms with van der Waals surface area (Å²) in [5.41, 5.74) is -1.12. The molecule has 1 atom stereocenters. The molecule has 0 amide bonds. The van der Waals surface area contributed by atoms with E-state index in [4.69, 9.17) is 9.47 Å². The van der Waals surface area contributed by atoms with Gasteiger partial charge in [-0.3, -0.25) is 9.59 Å². The van der Waals surface area contributed by atoms with Crippen LogP contribution in [-0.2, 0) is 19.1 Å². The maximum Gasteiger partial charge on any atom is 0.309 e. The van der Waals surface area contributed by atoms with Crippen molar-refractivity contribution in [2.45, 2.75) is 334 Å². The summed E-state index contributed by atoms with van der Waals surface area (Å²) in [6.45, 7) is 1.21. The number of aliphatic hydroxyl groups is 2. The third-order valence-electron chi connectivity index (χ3n) is 15.3. The normalized spacial score (nSPS) is 15.4. The second-order valence-corrected chi connectivity index (χ2v) is 22.1. The molecule has 1 heterocycles. The van der Waals surface area contributed by atoms with E-state index in [1.807, 2.05) is 0 Å². The van der Waals surface area contributed by atoms with Crippen LogP contribution in [-0.4, -0.2) is 48.6 Å². The number of hydrogen-bond donors (Lipinski definition) is 2. The molecule has 6 heteroatoms. The first kappa shape index (κ1) is 64.6. The van der Waals surface area contributed by atoms with Crippen LogP contribution >= 0.6 is 0 Å². The summed E-state index contributed by atoms with van der Waals surface area (Å²) < 4.78 is 10.6. The Labute approximate surface area is 423 Å². The summed E-state index contributed by atoms with van der Waals surface area (Å²) in [6, 6.07) is 0. The van der Waals surface area contributed by atoms with Crippen molar-refractivity contribution in [3.05, 3.63) is 12.2 Å². The smallest absolute Gasteiger partial charge is 0.309 e. The number of ether oxygens (including phenoxy) is 2. The zero-order chi connectivity index (χ0) is 49.0. The first-order chi connectivity index (χ1) is 33.6. The third-order valence-corrected chi connectivity index (χ3v) is 15.3. The molecule has 0 saturated carbocycles. The van der Waals surface area contributed by atoms with E-state index in [0.717, 1.165) is 19.3 Å². The molecule has 0 aliphatic carbocycles. The van der Waals surface area contributed by atoms with Crippen LogP contribution < -0.4 is 0 Å². The van der Waals surface area contributed by atoms with Gasteiger partial charge in [0.1, 0.15) is 13.2 Å². The van der Waals surface area contributed by atoms with Gasteiger partial charge in [0.2, 0.25) is 0 Å². The van der Waals surface area contributed by atoms with Crippen molar-refractivity contribution >= 4 is 11.9 Å². The lowest BCUT2D eigenvalue weighted by atomic mass is 9.92. The van der Waals surface area contributed by atoms with Gasteiger partial charge >= 0.3 is 11.9 Å². The zero-order valence-corrected chi connectivity index (χ0v) is 45.7. The summed E-state index contributed by atoms with van der Waals surface area (Å²) in [6.07, 6.45) is 74.2. The highest BCUT2D eigenvalue weighted by Crippen LogP contribution is 2.25. The van der Waals surface area contributed by atoms with Gasteiger partial charge in [-0.25, -0.2) is 0 Å². The standard InChI is InChI=1S/C62H118O6/c1-2-3-4-5-6-7-8-9-10-11-12-13-14-15-16-17-18-19-20-21-22-23-24-25-26-27-28-29-30-31-32-33-34-35-36-37-38-39-40-41-42-43-44-45-46-47-48-49-50-51-52-53-59-54-60(65)67-57-62(55-63,56-64)58-68-61(59)66/h12-13,59,63-64H,2-11,14-58H2,1H3/b13-12+. The molecule has 402 valence electrons. The number of rotatable bonds is 53. The molecule has 0 aromatic heterocycles. The van der Waals surface area contributed by atoms with E-state index in [9.17, 15) is 19.8 Å². The van der Waals surface area contributed by atoms with Crippen molar-refractivity contribution in [3.8, 4) is 0 Å². The fraction of sp³-hybridized carbons (Fsp3) is 0.935. The van der Waals surface area contributed by atoms with Gasteiger partial charge in [-0.15, -0.1) is 0 Å². The molecule has 1 fully saturated rings. The number of allylic oxidation sites excluding steroid dienone is 2. The van der Waals surface area contributed by atoms with Crippen molar-refractivity contribution in [3.63, 3.8) is 0 Å². The molecular formula is C62H118O6. The number of unbranched alkanes of at least 4 members (excludes halogenated alkanes) is 47. The van der Waals surface area contributed by atoms with E-state index in [2.05, 4.69) is 19.1 Å². The molecule has 0 spiro atoms. The number of cyclic esters (lactones) is 2. The molecule has 1 aliphatic heterocycles. The number of aliphatic hydroxyl groups excluding tert-OH is 2. The molecule has 1 saturated heterocycles. The molecule has 0 aromatic rings. The molecule has 0 aromatic carbocycles. The molecular weight excluding hydrogens is 841 g/mol. The first-order valence-electron chi connectivity index (χ1n) is 30.8. The number of carbonyl (C=O) groups excluding carboxylic acids is 2. The van der Waals surface area contributed by atoms with Crippen LogP contribution in [0, 0.1) is 11.3 Å². The fourth-order valence-corrected chi connectivity index (χ4v) is 10.2. The number of carbonyl (C=O) groups is 2. The summed E-state index contributed by atoms with van der Waals surface area (Å²) in [5.74, 6) is -1.40.